The van der Waals surface area contributed by atoms with E-state index in [0.29, 0.717) is 6.42 Å². The van der Waals surface area contributed by atoms with Crippen molar-refractivity contribution in [2.45, 2.75) is 307 Å². The second-order valence-electron chi connectivity index (χ2n) is 20.4. The first-order valence-corrected chi connectivity index (χ1v) is 29.5. The highest BCUT2D eigenvalue weighted by molar-refractivity contribution is 5.76. The molecule has 1 aliphatic rings. The molecule has 0 aromatic carbocycles. The molecule has 0 saturated carbocycles. The minimum atomic E-state index is -1.58. The van der Waals surface area contributed by atoms with E-state index in [1.807, 2.05) is 6.08 Å². The van der Waals surface area contributed by atoms with E-state index >= 15 is 0 Å². The fourth-order valence-electron chi connectivity index (χ4n) is 9.10. The molecule has 408 valence electrons. The largest absolute Gasteiger partial charge is 0.394 e. The van der Waals surface area contributed by atoms with E-state index in [0.717, 1.165) is 51.4 Å². The number of rotatable bonds is 50. The molecule has 9 heteroatoms. The van der Waals surface area contributed by atoms with Gasteiger partial charge < -0.3 is 40.3 Å². The molecule has 0 radical (unpaired) electrons. The molecule has 1 saturated heterocycles. The molecule has 0 bridgehead atoms. The lowest BCUT2D eigenvalue weighted by atomic mass is 9.99. The number of nitrogens with one attached hydrogen (secondary N) is 1. The summed E-state index contributed by atoms with van der Waals surface area (Å²) in [6, 6.07) is -0.830. The first-order chi connectivity index (χ1) is 34.3. The zero-order valence-electron chi connectivity index (χ0n) is 45.3. The van der Waals surface area contributed by atoms with Gasteiger partial charge in [0.15, 0.2) is 6.29 Å². The quantitative estimate of drug-likeness (QED) is 0.0261. The molecule has 7 unspecified atom stereocenters. The second kappa shape index (κ2) is 50.4. The predicted molar refractivity (Wildman–Crippen MR) is 295 cm³/mol. The number of allylic oxidation sites excluding steroid dienone is 9. The van der Waals surface area contributed by atoms with Crippen LogP contribution >= 0.6 is 0 Å². The third-order valence-electron chi connectivity index (χ3n) is 13.8. The van der Waals surface area contributed by atoms with E-state index < -0.39 is 49.5 Å². The van der Waals surface area contributed by atoms with Gasteiger partial charge in [-0.3, -0.25) is 4.79 Å². The van der Waals surface area contributed by atoms with Crippen LogP contribution in [0.1, 0.15) is 264 Å². The third kappa shape index (κ3) is 39.4. The molecule has 1 amide bonds. The Hall–Kier alpha value is -2.11. The number of ether oxygens (including phenoxy) is 2. The van der Waals surface area contributed by atoms with Crippen LogP contribution in [0.3, 0.4) is 0 Å². The first-order valence-electron chi connectivity index (χ1n) is 29.5. The number of aliphatic hydroxyl groups excluding tert-OH is 5. The Kier molecular flexibility index (Phi) is 47.5. The van der Waals surface area contributed by atoms with Gasteiger partial charge in [0.1, 0.15) is 24.4 Å². The maximum absolute atomic E-state index is 13.1. The minimum Gasteiger partial charge on any atom is -0.394 e. The van der Waals surface area contributed by atoms with Gasteiger partial charge in [-0.2, -0.15) is 0 Å². The van der Waals surface area contributed by atoms with Crippen molar-refractivity contribution in [3.05, 3.63) is 60.8 Å². The van der Waals surface area contributed by atoms with Gasteiger partial charge in [0.05, 0.1) is 25.4 Å². The fraction of sp³-hybridized carbons (Fsp3) is 0.820. The molecule has 0 aromatic heterocycles. The van der Waals surface area contributed by atoms with Crippen LogP contribution in [0.25, 0.3) is 0 Å². The molecule has 0 aliphatic carbocycles. The SMILES string of the molecule is CCCCCCC/C=C\C/C=C\CCCCCCCCCCCCCCCCCC(=O)NC(COC1OC(CO)C(O)C(O)C1O)C(O)/C=C/CC/C=C/CC/C=C/CCCCCCCCCCCC. The van der Waals surface area contributed by atoms with Crippen molar-refractivity contribution in [3.63, 3.8) is 0 Å². The number of amides is 1. The Morgan fingerprint density at radius 1 is 0.486 bits per heavy atom. The third-order valence-corrected chi connectivity index (χ3v) is 13.8. The Labute approximate surface area is 430 Å². The number of hydrogen-bond acceptors (Lipinski definition) is 8. The summed E-state index contributed by atoms with van der Waals surface area (Å²) in [7, 11) is 0. The Balaban J connectivity index is 2.23. The molecule has 1 rings (SSSR count). The van der Waals surface area contributed by atoms with Crippen molar-refractivity contribution in [1.82, 2.24) is 5.32 Å². The van der Waals surface area contributed by atoms with E-state index in [1.54, 1.807) is 6.08 Å². The maximum atomic E-state index is 13.1. The van der Waals surface area contributed by atoms with E-state index in [4.69, 9.17) is 9.47 Å². The molecule has 1 aliphatic heterocycles. The summed E-state index contributed by atoms with van der Waals surface area (Å²) in [6.07, 6.45) is 61.4. The van der Waals surface area contributed by atoms with Crippen LogP contribution in [0.2, 0.25) is 0 Å². The van der Waals surface area contributed by atoms with Crippen LogP contribution in [0.15, 0.2) is 60.8 Å². The van der Waals surface area contributed by atoms with Crippen LogP contribution in [0, 0.1) is 0 Å². The normalized spacial score (nSPS) is 19.8. The van der Waals surface area contributed by atoms with Crippen molar-refractivity contribution in [2.75, 3.05) is 13.2 Å². The highest BCUT2D eigenvalue weighted by Crippen LogP contribution is 2.23. The predicted octanol–water partition coefficient (Wildman–Crippen LogP) is 14.7. The van der Waals surface area contributed by atoms with Crippen molar-refractivity contribution < 1.29 is 39.8 Å². The van der Waals surface area contributed by atoms with E-state index in [1.165, 1.54) is 193 Å². The summed E-state index contributed by atoms with van der Waals surface area (Å²) in [5.41, 5.74) is 0. The topological polar surface area (TPSA) is 149 Å². The van der Waals surface area contributed by atoms with E-state index in [-0.39, 0.29) is 12.5 Å². The average molecular weight is 987 g/mol. The summed E-state index contributed by atoms with van der Waals surface area (Å²) in [4.78, 5) is 13.1. The maximum Gasteiger partial charge on any atom is 0.220 e. The van der Waals surface area contributed by atoms with Crippen LogP contribution in [0.5, 0.6) is 0 Å². The number of unbranched alkanes of at least 4 members (excludes halogenated alkanes) is 32. The standard InChI is InChI=1S/C61H111NO8/c1-3-5-7-9-11-13-15-17-19-21-23-25-26-27-28-29-30-31-33-35-37-39-41-43-45-47-49-51-57(65)62-54(53-69-61-60(68)59(67)58(66)56(52-63)70-61)55(64)50-48-46-44-42-40-38-36-34-32-24-22-20-18-16-14-12-10-8-6-4-2/h15,17,21,23,32,34,40,42,48,50,54-56,58-61,63-64,66-68H,3-14,16,18-20,22,24-31,33,35-39,41,43-47,49,51-53H2,1-2H3,(H,62,65)/b17-15-,23-21-,34-32+,42-40+,50-48+. The number of hydrogen-bond donors (Lipinski definition) is 6. The number of carbonyl (C=O) groups excluding carboxylic acids is 1. The monoisotopic (exact) mass is 986 g/mol. The zero-order chi connectivity index (χ0) is 50.8. The van der Waals surface area contributed by atoms with Crippen molar-refractivity contribution in [3.8, 4) is 0 Å². The first kappa shape index (κ1) is 65.9. The van der Waals surface area contributed by atoms with Gasteiger partial charge in [-0.25, -0.2) is 0 Å². The molecular formula is C61H111NO8. The van der Waals surface area contributed by atoms with Crippen LogP contribution < -0.4 is 5.32 Å². The molecule has 7 atom stereocenters. The highest BCUT2D eigenvalue weighted by Gasteiger charge is 2.44. The van der Waals surface area contributed by atoms with Gasteiger partial charge in [-0.05, 0) is 77.0 Å². The fourth-order valence-corrected chi connectivity index (χ4v) is 9.10. The summed E-state index contributed by atoms with van der Waals surface area (Å²) >= 11 is 0. The van der Waals surface area contributed by atoms with E-state index in [2.05, 4.69) is 67.8 Å². The molecule has 0 spiro atoms. The number of aliphatic hydroxyl groups is 5. The van der Waals surface area contributed by atoms with Crippen LogP contribution in [-0.2, 0) is 14.3 Å². The Bertz CT molecular complexity index is 1280. The molecule has 6 N–H and O–H groups in total. The Morgan fingerprint density at radius 3 is 1.29 bits per heavy atom. The summed E-state index contributed by atoms with van der Waals surface area (Å²) in [5.74, 6) is -0.190. The second-order valence-corrected chi connectivity index (χ2v) is 20.4. The van der Waals surface area contributed by atoms with Gasteiger partial charge >= 0.3 is 0 Å². The summed E-state index contributed by atoms with van der Waals surface area (Å²) < 4.78 is 11.3. The molecule has 0 aromatic rings. The lowest BCUT2D eigenvalue weighted by molar-refractivity contribution is -0.302. The van der Waals surface area contributed by atoms with Gasteiger partial charge in [0, 0.05) is 6.42 Å². The lowest BCUT2D eigenvalue weighted by Gasteiger charge is -2.40. The minimum absolute atomic E-state index is 0.190. The zero-order valence-corrected chi connectivity index (χ0v) is 45.3. The van der Waals surface area contributed by atoms with Crippen molar-refractivity contribution in [1.29, 1.82) is 0 Å². The van der Waals surface area contributed by atoms with Gasteiger partial charge in [0.2, 0.25) is 5.91 Å². The number of carbonyl (C=O) groups is 1. The Morgan fingerprint density at radius 2 is 0.857 bits per heavy atom. The molecule has 1 heterocycles. The highest BCUT2D eigenvalue weighted by atomic mass is 16.7. The molecule has 70 heavy (non-hydrogen) atoms. The summed E-state index contributed by atoms with van der Waals surface area (Å²) in [6.45, 7) is 3.76. The average Bonchev–Trinajstić information content (AvgIpc) is 3.36. The van der Waals surface area contributed by atoms with Crippen molar-refractivity contribution >= 4 is 5.91 Å². The van der Waals surface area contributed by atoms with Gasteiger partial charge in [0.25, 0.3) is 0 Å². The van der Waals surface area contributed by atoms with Crippen molar-refractivity contribution in [2.24, 2.45) is 0 Å². The van der Waals surface area contributed by atoms with Gasteiger partial charge in [-0.1, -0.05) is 242 Å². The molecule has 1 fully saturated rings. The van der Waals surface area contributed by atoms with E-state index in [9.17, 15) is 30.3 Å². The van der Waals surface area contributed by atoms with Crippen LogP contribution in [0.4, 0.5) is 0 Å². The van der Waals surface area contributed by atoms with Gasteiger partial charge in [-0.15, -0.1) is 0 Å². The summed E-state index contributed by atoms with van der Waals surface area (Å²) in [5, 5.41) is 54.5. The smallest absolute Gasteiger partial charge is 0.220 e. The molecule has 9 nitrogen and oxygen atoms in total. The lowest BCUT2D eigenvalue weighted by Crippen LogP contribution is -2.60. The molecular weight excluding hydrogens is 875 g/mol. The van der Waals surface area contributed by atoms with Crippen LogP contribution in [-0.4, -0.2) is 87.5 Å².